The second-order valence-corrected chi connectivity index (χ2v) is 16.8. The number of hydrogen-bond donors (Lipinski definition) is 0. The quantitative estimate of drug-likeness (QED) is 0.515. The normalized spacial score (nSPS) is 41.4. The highest BCUT2D eigenvalue weighted by atomic mass is 35.7. The van der Waals surface area contributed by atoms with Crippen LogP contribution in [0.4, 0.5) is 0 Å². The molecule has 0 aromatic heterocycles. The maximum absolute atomic E-state index is 7.33. The first kappa shape index (κ1) is 15.8. The summed E-state index contributed by atoms with van der Waals surface area (Å²) in [5, 5.41) is 0. The largest absolute Gasteiger partial charge is 0.240 e. The van der Waals surface area contributed by atoms with E-state index in [9.17, 15) is 0 Å². The summed E-state index contributed by atoms with van der Waals surface area (Å²) in [4.78, 5) is 0. The SMILES string of the molecule is ClP1(N2CCCC2)=NP(N2CC2)(N2CC2)=NP(N2CC2)(N2CC2)=N1. The van der Waals surface area contributed by atoms with Crippen LogP contribution in [0.3, 0.4) is 0 Å². The zero-order valence-corrected chi connectivity index (χ0v) is 17.2. The zero-order chi connectivity index (χ0) is 16.0. The van der Waals surface area contributed by atoms with Crippen LogP contribution in [-0.2, 0) is 0 Å². The molecule has 0 aromatic rings. The van der Waals surface area contributed by atoms with Crippen LogP contribution in [-0.4, -0.2) is 88.8 Å². The lowest BCUT2D eigenvalue weighted by Gasteiger charge is -2.38. The molecule has 0 aromatic carbocycles. The van der Waals surface area contributed by atoms with Gasteiger partial charge in [-0.1, -0.05) is 0 Å². The minimum Gasteiger partial charge on any atom is -0.240 e. The van der Waals surface area contributed by atoms with E-state index in [0.29, 0.717) is 0 Å². The Bertz CT molecular complexity index is 686. The number of halogens is 1. The molecule has 5 fully saturated rings. The molecule has 134 valence electrons. The Labute approximate surface area is 148 Å². The van der Waals surface area contributed by atoms with Crippen molar-refractivity contribution in [2.45, 2.75) is 12.8 Å². The molecule has 0 spiro atoms. The van der Waals surface area contributed by atoms with Crippen molar-refractivity contribution in [1.29, 1.82) is 0 Å². The van der Waals surface area contributed by atoms with Gasteiger partial charge in [0.2, 0.25) is 21.7 Å². The van der Waals surface area contributed by atoms with E-state index in [0.717, 1.165) is 65.4 Å². The molecule has 5 saturated heterocycles. The van der Waals surface area contributed by atoms with E-state index in [1.807, 2.05) is 0 Å². The van der Waals surface area contributed by atoms with Crippen LogP contribution in [0.15, 0.2) is 13.5 Å². The molecule has 0 N–H and O–H groups in total. The summed E-state index contributed by atoms with van der Waals surface area (Å²) in [5.41, 5.74) is 0. The average molecular weight is 409 g/mol. The van der Waals surface area contributed by atoms with E-state index < -0.39 is 21.7 Å². The van der Waals surface area contributed by atoms with Gasteiger partial charge < -0.3 is 0 Å². The molecule has 0 radical (unpaired) electrons. The fourth-order valence-corrected chi connectivity index (χ4v) is 19.4. The monoisotopic (exact) mass is 408 g/mol. The summed E-state index contributed by atoms with van der Waals surface area (Å²) in [5.74, 6) is 0. The molecule has 8 nitrogen and oxygen atoms in total. The first-order valence-electron chi connectivity index (χ1n) is 9.03. The van der Waals surface area contributed by atoms with Gasteiger partial charge in [-0.3, -0.25) is 0 Å². The van der Waals surface area contributed by atoms with Gasteiger partial charge in [-0.2, -0.15) is 13.5 Å². The van der Waals surface area contributed by atoms with Crippen molar-refractivity contribution >= 4 is 33.0 Å². The van der Waals surface area contributed by atoms with E-state index in [-0.39, 0.29) is 0 Å². The molecular weight excluding hydrogens is 385 g/mol. The van der Waals surface area contributed by atoms with Crippen molar-refractivity contribution in [2.24, 2.45) is 13.5 Å². The number of nitrogens with zero attached hydrogens (tertiary/aromatic N) is 8. The molecule has 1 atom stereocenters. The van der Waals surface area contributed by atoms with E-state index in [4.69, 9.17) is 24.8 Å². The lowest BCUT2D eigenvalue weighted by Crippen LogP contribution is -2.16. The Morgan fingerprint density at radius 3 is 1.33 bits per heavy atom. The third kappa shape index (κ3) is 2.35. The Hall–Kier alpha value is 0.780. The van der Waals surface area contributed by atoms with E-state index in [1.165, 1.54) is 12.8 Å². The van der Waals surface area contributed by atoms with Gasteiger partial charge in [0.1, 0.15) is 0 Å². The third-order valence-electron chi connectivity index (χ3n) is 5.36. The van der Waals surface area contributed by atoms with Crippen LogP contribution >= 0.6 is 33.0 Å². The van der Waals surface area contributed by atoms with Crippen LogP contribution in [0.1, 0.15) is 12.8 Å². The lowest BCUT2D eigenvalue weighted by atomic mass is 10.4. The van der Waals surface area contributed by atoms with Gasteiger partial charge in [0.05, 0.1) is 0 Å². The Morgan fingerprint density at radius 1 is 0.500 bits per heavy atom. The van der Waals surface area contributed by atoms with Crippen molar-refractivity contribution in [2.75, 3.05) is 65.4 Å². The van der Waals surface area contributed by atoms with Gasteiger partial charge in [0.15, 0.2) is 0 Å². The number of rotatable bonds is 5. The van der Waals surface area contributed by atoms with Crippen LogP contribution in [0.2, 0.25) is 0 Å². The average Bonchev–Trinajstić information content (AvgIpc) is 3.44. The lowest BCUT2D eigenvalue weighted by molar-refractivity contribution is 0.566. The molecule has 0 aliphatic carbocycles. The maximum atomic E-state index is 7.33. The molecule has 6 rings (SSSR count). The van der Waals surface area contributed by atoms with Gasteiger partial charge in [-0.05, 0) is 24.1 Å². The van der Waals surface area contributed by atoms with Gasteiger partial charge in [0.25, 0.3) is 0 Å². The molecule has 6 heterocycles. The maximum Gasteiger partial charge on any atom is 0.239 e. The smallest absolute Gasteiger partial charge is 0.239 e. The summed E-state index contributed by atoms with van der Waals surface area (Å²) in [7, 11) is -3.94. The van der Waals surface area contributed by atoms with Gasteiger partial charge >= 0.3 is 0 Å². The summed E-state index contributed by atoms with van der Waals surface area (Å²) in [6.07, 6.45) is 2.46. The first-order chi connectivity index (χ1) is 11.6. The minimum absolute atomic E-state index is 1.06. The van der Waals surface area contributed by atoms with Crippen LogP contribution in [0.25, 0.3) is 0 Å². The fraction of sp³-hybridized carbons (Fsp3) is 1.00. The summed E-state index contributed by atoms with van der Waals surface area (Å²) in [6.45, 7) is 8.87. The summed E-state index contributed by atoms with van der Waals surface area (Å²) >= 11 is 7.33. The highest BCUT2D eigenvalue weighted by molar-refractivity contribution is 7.96. The first-order valence-corrected chi connectivity index (χ1v) is 14.8. The molecule has 1 unspecified atom stereocenters. The molecule has 6 aliphatic rings. The highest BCUT2D eigenvalue weighted by Crippen LogP contribution is 2.87. The van der Waals surface area contributed by atoms with Crippen molar-refractivity contribution in [3.05, 3.63) is 0 Å². The zero-order valence-electron chi connectivity index (χ0n) is 13.8. The molecular formula is C12H24ClN8P3. The topological polar surface area (TPSA) is 52.4 Å². The third-order valence-corrected chi connectivity index (χ3v) is 18.6. The van der Waals surface area contributed by atoms with Crippen molar-refractivity contribution in [3.63, 3.8) is 0 Å². The van der Waals surface area contributed by atoms with Crippen molar-refractivity contribution in [3.8, 4) is 0 Å². The van der Waals surface area contributed by atoms with Crippen LogP contribution in [0.5, 0.6) is 0 Å². The Kier molecular flexibility index (Phi) is 3.41. The molecule has 12 heteroatoms. The molecule has 24 heavy (non-hydrogen) atoms. The summed E-state index contributed by atoms with van der Waals surface area (Å²) in [6, 6.07) is 0. The predicted octanol–water partition coefficient (Wildman–Crippen LogP) is 3.44. The minimum atomic E-state index is -2.32. The molecule has 0 saturated carbocycles. The molecule has 0 bridgehead atoms. The Morgan fingerprint density at radius 2 is 0.917 bits per heavy atom. The highest BCUT2D eigenvalue weighted by Gasteiger charge is 2.57. The molecule has 0 amide bonds. The van der Waals surface area contributed by atoms with Gasteiger partial charge in [-0.25, -0.2) is 23.4 Å². The summed E-state index contributed by atoms with van der Waals surface area (Å²) < 4.78 is 28.8. The van der Waals surface area contributed by atoms with Crippen molar-refractivity contribution < 1.29 is 0 Å². The van der Waals surface area contributed by atoms with Crippen LogP contribution in [0, 0.1) is 0 Å². The van der Waals surface area contributed by atoms with Gasteiger partial charge in [0, 0.05) is 65.4 Å². The van der Waals surface area contributed by atoms with E-state index in [2.05, 4.69) is 23.4 Å². The van der Waals surface area contributed by atoms with Crippen molar-refractivity contribution in [1.82, 2.24) is 23.4 Å². The fourth-order valence-electron chi connectivity index (χ4n) is 3.65. The molecule has 6 aliphatic heterocycles. The standard InChI is InChI=1S/C12H24ClN8P3/c13-22(17-3-1-2-4-17)14-23(18-5-6-18,19-7-8-19)16-24(15-22,20-9-10-20)21-11-12-21/h1-12H2. The Balaban J connectivity index is 1.61. The predicted molar refractivity (Wildman–Crippen MR) is 101 cm³/mol. The van der Waals surface area contributed by atoms with Gasteiger partial charge in [-0.15, -0.1) is 0 Å². The van der Waals surface area contributed by atoms with E-state index in [1.54, 1.807) is 0 Å². The van der Waals surface area contributed by atoms with Crippen LogP contribution < -0.4 is 0 Å². The van der Waals surface area contributed by atoms with E-state index >= 15 is 0 Å². The second-order valence-electron chi connectivity index (χ2n) is 7.31. The second kappa shape index (κ2) is 5.19. The number of hydrogen-bond acceptors (Lipinski definition) is 8.